The van der Waals surface area contributed by atoms with Crippen molar-refractivity contribution >= 4 is 11.6 Å². The smallest absolute Gasteiger partial charge is 0.221 e. The molecule has 100 valence electrons. The number of hydrogen-bond acceptors (Lipinski definition) is 3. The average molecular weight is 250 g/mol. The molecule has 1 aromatic rings. The van der Waals surface area contributed by atoms with Gasteiger partial charge in [-0.05, 0) is 25.5 Å². The molecule has 0 aliphatic rings. The fraction of sp³-hybridized carbons (Fsp3) is 0.500. The molecule has 0 bridgehead atoms. The number of methoxy groups -OCH3 is 1. The molecule has 0 saturated carbocycles. The molecule has 0 unspecified atom stereocenters. The first-order valence-electron chi connectivity index (χ1n) is 6.06. The molecule has 0 fully saturated rings. The Morgan fingerprint density at radius 1 is 1.33 bits per heavy atom. The number of para-hydroxylation sites is 1. The van der Waals surface area contributed by atoms with Crippen molar-refractivity contribution in [3.05, 3.63) is 29.8 Å². The summed E-state index contributed by atoms with van der Waals surface area (Å²) in [5.41, 5.74) is 1.73. The Balaban J connectivity index is 2.59. The third-order valence-electron chi connectivity index (χ3n) is 2.75. The Kier molecular flexibility index (Phi) is 5.31. The van der Waals surface area contributed by atoms with Gasteiger partial charge >= 0.3 is 0 Å². The summed E-state index contributed by atoms with van der Waals surface area (Å²) >= 11 is 0. The van der Waals surface area contributed by atoms with E-state index in [1.54, 1.807) is 7.11 Å². The molecule has 0 radical (unpaired) electrons. The van der Waals surface area contributed by atoms with E-state index < -0.39 is 0 Å². The van der Waals surface area contributed by atoms with Crippen LogP contribution in [0.15, 0.2) is 24.3 Å². The van der Waals surface area contributed by atoms with Gasteiger partial charge in [-0.1, -0.05) is 18.2 Å². The van der Waals surface area contributed by atoms with Gasteiger partial charge in [0.15, 0.2) is 0 Å². The summed E-state index contributed by atoms with van der Waals surface area (Å²) in [7, 11) is 1.70. The molecule has 0 aliphatic carbocycles. The maximum Gasteiger partial charge on any atom is 0.221 e. The van der Waals surface area contributed by atoms with Gasteiger partial charge in [-0.25, -0.2) is 0 Å². The number of carbonyl (C=O) groups is 1. The molecule has 0 aromatic heterocycles. The number of ether oxygens (including phenoxy) is 1. The van der Waals surface area contributed by atoms with E-state index in [0.29, 0.717) is 6.54 Å². The van der Waals surface area contributed by atoms with Gasteiger partial charge in [0.1, 0.15) is 0 Å². The molecule has 0 spiro atoms. The predicted octanol–water partition coefficient (Wildman–Crippen LogP) is 2.16. The normalized spacial score (nSPS) is 11.3. The lowest BCUT2D eigenvalue weighted by Crippen LogP contribution is -2.36. The summed E-state index contributed by atoms with van der Waals surface area (Å²) in [6.45, 7) is 7.01. The predicted molar refractivity (Wildman–Crippen MR) is 73.5 cm³/mol. The molecule has 0 heterocycles. The summed E-state index contributed by atoms with van der Waals surface area (Å²) in [5.74, 6) is -0.0559. The lowest BCUT2D eigenvalue weighted by molar-refractivity contribution is -0.114. The van der Waals surface area contributed by atoms with Crippen LogP contribution < -0.4 is 10.6 Å². The maximum absolute atomic E-state index is 11.1. The summed E-state index contributed by atoms with van der Waals surface area (Å²) in [4.78, 5) is 11.1. The molecule has 18 heavy (non-hydrogen) atoms. The van der Waals surface area contributed by atoms with Crippen molar-refractivity contribution in [1.29, 1.82) is 0 Å². The first kappa shape index (κ1) is 14.7. The molecular weight excluding hydrogens is 228 g/mol. The van der Waals surface area contributed by atoms with Gasteiger partial charge in [0.2, 0.25) is 5.91 Å². The lowest BCUT2D eigenvalue weighted by atomic mass is 10.1. The van der Waals surface area contributed by atoms with Gasteiger partial charge in [0.25, 0.3) is 0 Å². The minimum Gasteiger partial charge on any atom is -0.377 e. The Bertz CT molecular complexity index is 403. The van der Waals surface area contributed by atoms with Gasteiger partial charge in [-0.15, -0.1) is 0 Å². The van der Waals surface area contributed by atoms with E-state index in [9.17, 15) is 4.79 Å². The van der Waals surface area contributed by atoms with Gasteiger partial charge < -0.3 is 15.4 Å². The first-order valence-corrected chi connectivity index (χ1v) is 6.06. The third-order valence-corrected chi connectivity index (χ3v) is 2.75. The van der Waals surface area contributed by atoms with Crippen molar-refractivity contribution in [2.24, 2.45) is 0 Å². The average Bonchev–Trinajstić information content (AvgIpc) is 2.30. The van der Waals surface area contributed by atoms with Crippen LogP contribution in [-0.2, 0) is 16.1 Å². The Morgan fingerprint density at radius 3 is 2.61 bits per heavy atom. The van der Waals surface area contributed by atoms with E-state index in [2.05, 4.69) is 10.6 Å². The standard InChI is InChI=1S/C14H22N2O2/c1-11(17)16-13-8-6-5-7-12(13)9-15-10-14(2,3)18-4/h5-8,15H,9-10H2,1-4H3,(H,16,17). The van der Waals surface area contributed by atoms with Crippen LogP contribution in [0.3, 0.4) is 0 Å². The van der Waals surface area contributed by atoms with Crippen molar-refractivity contribution in [3.8, 4) is 0 Å². The van der Waals surface area contributed by atoms with E-state index in [4.69, 9.17) is 4.74 Å². The van der Waals surface area contributed by atoms with Gasteiger partial charge in [-0.2, -0.15) is 0 Å². The third kappa shape index (κ3) is 4.85. The van der Waals surface area contributed by atoms with Crippen LogP contribution in [0, 0.1) is 0 Å². The number of hydrogen-bond donors (Lipinski definition) is 2. The zero-order chi connectivity index (χ0) is 13.6. The number of amides is 1. The van der Waals surface area contributed by atoms with Crippen LogP contribution in [0.25, 0.3) is 0 Å². The summed E-state index contributed by atoms with van der Waals surface area (Å²) < 4.78 is 5.34. The molecule has 0 saturated heterocycles. The van der Waals surface area contributed by atoms with Gasteiger partial charge in [0, 0.05) is 32.8 Å². The summed E-state index contributed by atoms with van der Waals surface area (Å²) in [6.07, 6.45) is 0. The summed E-state index contributed by atoms with van der Waals surface area (Å²) in [6, 6.07) is 7.77. The topological polar surface area (TPSA) is 50.4 Å². The Labute approximate surface area is 109 Å². The van der Waals surface area contributed by atoms with Gasteiger partial charge in [0.05, 0.1) is 5.60 Å². The fourth-order valence-corrected chi connectivity index (χ4v) is 1.56. The van der Waals surface area contributed by atoms with E-state index in [-0.39, 0.29) is 11.5 Å². The quantitative estimate of drug-likeness (QED) is 0.813. The van der Waals surface area contributed by atoms with E-state index >= 15 is 0 Å². The summed E-state index contributed by atoms with van der Waals surface area (Å²) in [5, 5.41) is 6.16. The van der Waals surface area contributed by atoms with Gasteiger partial charge in [-0.3, -0.25) is 4.79 Å². The SMILES string of the molecule is COC(C)(C)CNCc1ccccc1NC(C)=O. The molecule has 1 aromatic carbocycles. The zero-order valence-electron chi connectivity index (χ0n) is 11.5. The monoisotopic (exact) mass is 250 g/mol. The first-order chi connectivity index (χ1) is 8.44. The number of rotatable bonds is 6. The highest BCUT2D eigenvalue weighted by molar-refractivity contribution is 5.89. The van der Waals surface area contributed by atoms with Crippen molar-refractivity contribution < 1.29 is 9.53 Å². The van der Waals surface area contributed by atoms with Crippen LogP contribution >= 0.6 is 0 Å². The fourth-order valence-electron chi connectivity index (χ4n) is 1.56. The molecule has 1 rings (SSSR count). The Hall–Kier alpha value is -1.39. The number of anilines is 1. The molecule has 4 nitrogen and oxygen atoms in total. The van der Waals surface area contributed by atoms with Crippen molar-refractivity contribution in [1.82, 2.24) is 5.32 Å². The number of nitrogens with one attached hydrogen (secondary N) is 2. The molecule has 1 amide bonds. The van der Waals surface area contributed by atoms with Crippen LogP contribution in [-0.4, -0.2) is 25.2 Å². The van der Waals surface area contributed by atoms with E-state index in [1.807, 2.05) is 38.1 Å². The molecule has 2 N–H and O–H groups in total. The van der Waals surface area contributed by atoms with Crippen molar-refractivity contribution in [2.45, 2.75) is 32.9 Å². The van der Waals surface area contributed by atoms with Crippen molar-refractivity contribution in [3.63, 3.8) is 0 Å². The van der Waals surface area contributed by atoms with Crippen LogP contribution in [0.4, 0.5) is 5.69 Å². The highest BCUT2D eigenvalue weighted by Gasteiger charge is 2.15. The largest absolute Gasteiger partial charge is 0.377 e. The molecule has 0 atom stereocenters. The number of benzene rings is 1. The Morgan fingerprint density at radius 2 is 2.00 bits per heavy atom. The van der Waals surface area contributed by atoms with E-state index in [1.165, 1.54) is 6.92 Å². The highest BCUT2D eigenvalue weighted by atomic mass is 16.5. The lowest BCUT2D eigenvalue weighted by Gasteiger charge is -2.23. The molecular formula is C14H22N2O2. The van der Waals surface area contributed by atoms with E-state index in [0.717, 1.165) is 17.8 Å². The van der Waals surface area contributed by atoms with Crippen molar-refractivity contribution in [2.75, 3.05) is 19.0 Å². The second-order valence-corrected chi connectivity index (χ2v) is 4.91. The minimum absolute atomic E-state index is 0.0559. The zero-order valence-corrected chi connectivity index (χ0v) is 11.5. The van der Waals surface area contributed by atoms with Crippen LogP contribution in [0.2, 0.25) is 0 Å². The highest BCUT2D eigenvalue weighted by Crippen LogP contribution is 2.15. The van der Waals surface area contributed by atoms with Crippen LogP contribution in [0.1, 0.15) is 26.3 Å². The number of carbonyl (C=O) groups excluding carboxylic acids is 1. The molecule has 4 heteroatoms. The second kappa shape index (κ2) is 6.52. The minimum atomic E-state index is -0.192. The second-order valence-electron chi connectivity index (χ2n) is 4.91. The maximum atomic E-state index is 11.1. The molecule has 0 aliphatic heterocycles. The van der Waals surface area contributed by atoms with Crippen LogP contribution in [0.5, 0.6) is 0 Å².